The third-order valence-electron chi connectivity index (χ3n) is 5.39. The quantitative estimate of drug-likeness (QED) is 0.436. The van der Waals surface area contributed by atoms with Gasteiger partial charge in [-0.3, -0.25) is 9.59 Å². The molecule has 178 valence electrons. The van der Waals surface area contributed by atoms with Crippen molar-refractivity contribution >= 4 is 23.4 Å². The molecule has 0 fully saturated rings. The maximum Gasteiger partial charge on any atom is 0.261 e. The first-order valence-corrected chi connectivity index (χ1v) is 11.8. The van der Waals surface area contributed by atoms with Gasteiger partial charge < -0.3 is 15.0 Å². The Balaban J connectivity index is 1.88. The summed E-state index contributed by atoms with van der Waals surface area (Å²) in [6.45, 7) is 5.81. The number of hydrogen-bond acceptors (Lipinski definition) is 3. The average Bonchev–Trinajstić information content (AvgIpc) is 2.82. The molecule has 5 nitrogen and oxygen atoms in total. The number of carbonyl (C=O) groups is 2. The van der Waals surface area contributed by atoms with Crippen LogP contribution in [0.5, 0.6) is 5.75 Å². The summed E-state index contributed by atoms with van der Waals surface area (Å²) in [6.07, 6.45) is 0.401. The van der Waals surface area contributed by atoms with Crippen molar-refractivity contribution < 1.29 is 14.3 Å². The van der Waals surface area contributed by atoms with Crippen LogP contribution in [0.3, 0.4) is 0 Å². The zero-order chi connectivity index (χ0) is 24.5. The van der Waals surface area contributed by atoms with Crippen LogP contribution < -0.4 is 10.1 Å². The van der Waals surface area contributed by atoms with Gasteiger partial charge in [-0.1, -0.05) is 72.3 Å². The lowest BCUT2D eigenvalue weighted by Gasteiger charge is -2.32. The number of carbonyl (C=O) groups excluding carboxylic acids is 2. The molecule has 6 heteroatoms. The van der Waals surface area contributed by atoms with Crippen molar-refractivity contribution in [1.29, 1.82) is 0 Å². The minimum absolute atomic E-state index is 0.0484. The average molecular weight is 479 g/mol. The molecule has 3 rings (SSSR count). The molecule has 0 spiro atoms. The van der Waals surface area contributed by atoms with E-state index in [9.17, 15) is 9.59 Å². The van der Waals surface area contributed by atoms with Crippen LogP contribution in [0.2, 0.25) is 5.02 Å². The zero-order valence-electron chi connectivity index (χ0n) is 19.8. The molecule has 0 radical (unpaired) electrons. The Bertz CT molecular complexity index is 1090. The summed E-state index contributed by atoms with van der Waals surface area (Å²) in [7, 11) is 0. The van der Waals surface area contributed by atoms with Crippen LogP contribution in [0.1, 0.15) is 30.5 Å². The van der Waals surface area contributed by atoms with Crippen molar-refractivity contribution in [1.82, 2.24) is 10.2 Å². The lowest BCUT2D eigenvalue weighted by atomic mass is 10.0. The van der Waals surface area contributed by atoms with Crippen molar-refractivity contribution in [3.63, 3.8) is 0 Å². The van der Waals surface area contributed by atoms with E-state index in [1.54, 1.807) is 23.1 Å². The predicted molar refractivity (Wildman–Crippen MR) is 136 cm³/mol. The second-order valence-electron chi connectivity index (χ2n) is 8.58. The van der Waals surface area contributed by atoms with Gasteiger partial charge in [-0.15, -0.1) is 0 Å². The Morgan fingerprint density at radius 1 is 0.941 bits per heavy atom. The van der Waals surface area contributed by atoms with Gasteiger partial charge in [0.05, 0.1) is 0 Å². The Labute approximate surface area is 206 Å². The van der Waals surface area contributed by atoms with Crippen molar-refractivity contribution in [2.45, 2.75) is 45.8 Å². The molecule has 1 atom stereocenters. The number of halogens is 1. The molecule has 0 unspecified atom stereocenters. The van der Waals surface area contributed by atoms with Crippen LogP contribution in [0.4, 0.5) is 0 Å². The molecule has 0 aromatic heterocycles. The lowest BCUT2D eigenvalue weighted by molar-refractivity contribution is -0.143. The standard InChI is InChI=1S/C28H31ClN2O3/c1-20(2)30-28(33)26(17-22-10-6-4-7-11-22)31(18-23-12-8-5-9-13-23)27(32)19-34-24-14-15-25(29)21(3)16-24/h4-16,20,26H,17-19H2,1-3H3,(H,30,33)/t26-/m0/s1. The van der Waals surface area contributed by atoms with Gasteiger partial charge in [0.25, 0.3) is 5.91 Å². The summed E-state index contributed by atoms with van der Waals surface area (Å²) in [5.41, 5.74) is 2.78. The third-order valence-corrected chi connectivity index (χ3v) is 5.81. The van der Waals surface area contributed by atoms with Gasteiger partial charge in [0.15, 0.2) is 6.61 Å². The first kappa shape index (κ1) is 25.3. The molecule has 2 amide bonds. The second-order valence-corrected chi connectivity index (χ2v) is 8.98. The van der Waals surface area contributed by atoms with Gasteiger partial charge >= 0.3 is 0 Å². The highest BCUT2D eigenvalue weighted by Gasteiger charge is 2.31. The van der Waals surface area contributed by atoms with Crippen LogP contribution in [-0.4, -0.2) is 35.4 Å². The van der Waals surface area contributed by atoms with Gasteiger partial charge in [0.2, 0.25) is 5.91 Å². The number of aryl methyl sites for hydroxylation is 1. The van der Waals surface area contributed by atoms with Crippen LogP contribution >= 0.6 is 11.6 Å². The van der Waals surface area contributed by atoms with E-state index in [0.29, 0.717) is 23.7 Å². The van der Waals surface area contributed by atoms with E-state index in [4.69, 9.17) is 16.3 Å². The van der Waals surface area contributed by atoms with Gasteiger partial charge in [-0.25, -0.2) is 0 Å². The molecular formula is C28H31ClN2O3. The number of ether oxygens (including phenoxy) is 1. The van der Waals surface area contributed by atoms with Gasteiger partial charge in [0.1, 0.15) is 11.8 Å². The Hall–Kier alpha value is -3.31. The summed E-state index contributed by atoms with van der Waals surface area (Å²) in [6, 6.07) is 23.9. The lowest BCUT2D eigenvalue weighted by Crippen LogP contribution is -2.52. The number of nitrogens with one attached hydrogen (secondary N) is 1. The summed E-state index contributed by atoms with van der Waals surface area (Å²) in [5.74, 6) is 0.0999. The Kier molecular flexibility index (Phi) is 9.11. The fraction of sp³-hybridized carbons (Fsp3) is 0.286. The maximum absolute atomic E-state index is 13.5. The molecule has 0 aliphatic heterocycles. The number of nitrogens with zero attached hydrogens (tertiary/aromatic N) is 1. The fourth-order valence-electron chi connectivity index (χ4n) is 3.65. The van der Waals surface area contributed by atoms with Crippen molar-refractivity contribution in [3.8, 4) is 5.75 Å². The SMILES string of the molecule is Cc1cc(OCC(=O)N(Cc2ccccc2)[C@@H](Cc2ccccc2)C(=O)NC(C)C)ccc1Cl. The summed E-state index contributed by atoms with van der Waals surface area (Å²) in [5, 5.41) is 3.62. The number of hydrogen-bond donors (Lipinski definition) is 1. The highest BCUT2D eigenvalue weighted by Crippen LogP contribution is 2.21. The normalized spacial score (nSPS) is 11.7. The highest BCUT2D eigenvalue weighted by molar-refractivity contribution is 6.31. The van der Waals surface area contributed by atoms with E-state index < -0.39 is 6.04 Å². The topological polar surface area (TPSA) is 58.6 Å². The van der Waals surface area contributed by atoms with Crippen LogP contribution in [0.25, 0.3) is 0 Å². The largest absolute Gasteiger partial charge is 0.484 e. The molecule has 3 aromatic carbocycles. The predicted octanol–water partition coefficient (Wildman–Crippen LogP) is 5.19. The molecule has 34 heavy (non-hydrogen) atoms. The molecule has 0 saturated heterocycles. The van der Waals surface area contributed by atoms with E-state index in [1.807, 2.05) is 81.4 Å². The molecule has 0 saturated carbocycles. The van der Waals surface area contributed by atoms with E-state index in [0.717, 1.165) is 16.7 Å². The molecular weight excluding hydrogens is 448 g/mol. The van der Waals surface area contributed by atoms with Gasteiger partial charge in [-0.2, -0.15) is 0 Å². The van der Waals surface area contributed by atoms with E-state index in [2.05, 4.69) is 5.32 Å². The molecule has 3 aromatic rings. The fourth-order valence-corrected chi connectivity index (χ4v) is 3.77. The minimum Gasteiger partial charge on any atom is -0.484 e. The van der Waals surface area contributed by atoms with Crippen molar-refractivity contribution in [2.24, 2.45) is 0 Å². The van der Waals surface area contributed by atoms with Crippen molar-refractivity contribution in [3.05, 3.63) is 101 Å². The molecule has 0 bridgehead atoms. The number of benzene rings is 3. The second kappa shape index (κ2) is 12.2. The van der Waals surface area contributed by atoms with Crippen LogP contribution in [0, 0.1) is 6.92 Å². The Morgan fingerprint density at radius 2 is 1.56 bits per heavy atom. The summed E-state index contributed by atoms with van der Waals surface area (Å²) < 4.78 is 5.80. The smallest absolute Gasteiger partial charge is 0.261 e. The van der Waals surface area contributed by atoms with E-state index >= 15 is 0 Å². The molecule has 0 aliphatic carbocycles. The monoisotopic (exact) mass is 478 g/mol. The Morgan fingerprint density at radius 3 is 2.15 bits per heavy atom. The van der Waals surface area contributed by atoms with Crippen LogP contribution in [-0.2, 0) is 22.6 Å². The zero-order valence-corrected chi connectivity index (χ0v) is 20.6. The van der Waals surface area contributed by atoms with Gasteiger partial charge in [-0.05, 0) is 55.7 Å². The summed E-state index contributed by atoms with van der Waals surface area (Å²) >= 11 is 6.10. The first-order chi connectivity index (χ1) is 16.3. The van der Waals surface area contributed by atoms with E-state index in [1.165, 1.54) is 0 Å². The maximum atomic E-state index is 13.5. The number of rotatable bonds is 10. The minimum atomic E-state index is -0.687. The molecule has 0 aliphatic rings. The molecule has 0 heterocycles. The highest BCUT2D eigenvalue weighted by atomic mass is 35.5. The van der Waals surface area contributed by atoms with Crippen LogP contribution in [0.15, 0.2) is 78.9 Å². The van der Waals surface area contributed by atoms with Crippen molar-refractivity contribution in [2.75, 3.05) is 6.61 Å². The third kappa shape index (κ3) is 7.35. The van der Waals surface area contributed by atoms with E-state index in [-0.39, 0.29) is 24.5 Å². The van der Waals surface area contributed by atoms with Gasteiger partial charge in [0, 0.05) is 24.0 Å². The molecule has 1 N–H and O–H groups in total. The summed E-state index contributed by atoms with van der Waals surface area (Å²) in [4.78, 5) is 28.4. The first-order valence-electron chi connectivity index (χ1n) is 11.4. The number of amides is 2.